The zero-order valence-corrected chi connectivity index (χ0v) is 13.2. The van der Waals surface area contributed by atoms with E-state index in [4.69, 9.17) is 0 Å². The van der Waals surface area contributed by atoms with Crippen LogP contribution in [-0.2, 0) is 0 Å². The van der Waals surface area contributed by atoms with Gasteiger partial charge in [0.15, 0.2) is 17.3 Å². The zero-order valence-electron chi connectivity index (χ0n) is 13.2. The minimum atomic E-state index is -1.29. The highest BCUT2D eigenvalue weighted by Crippen LogP contribution is 2.30. The molecule has 0 aliphatic carbocycles. The molecule has 7 heteroatoms. The summed E-state index contributed by atoms with van der Waals surface area (Å²) in [5.41, 5.74) is 1.05. The number of aliphatic imine (C=N–C) groups is 1. The van der Waals surface area contributed by atoms with Crippen LogP contribution < -0.4 is 0 Å². The Morgan fingerprint density at radius 3 is 2.76 bits per heavy atom. The van der Waals surface area contributed by atoms with Crippen molar-refractivity contribution in [2.75, 3.05) is 0 Å². The predicted octanol–water partition coefficient (Wildman–Crippen LogP) is 4.29. The Morgan fingerprint density at radius 2 is 2.04 bits per heavy atom. The van der Waals surface area contributed by atoms with Gasteiger partial charge < -0.3 is 0 Å². The highest BCUT2D eigenvalue weighted by atomic mass is 19.2. The third kappa shape index (κ3) is 3.08. The van der Waals surface area contributed by atoms with Gasteiger partial charge in [0, 0.05) is 35.7 Å². The van der Waals surface area contributed by atoms with Gasteiger partial charge in [0.1, 0.15) is 5.82 Å². The van der Waals surface area contributed by atoms with Gasteiger partial charge in [-0.15, -0.1) is 0 Å². The molecule has 3 aromatic rings. The Labute approximate surface area is 141 Å². The summed E-state index contributed by atoms with van der Waals surface area (Å²) in [5, 5.41) is 4.05. The SMILES string of the molecule is C=C/C(=C(\N=C/C)c1cc(F)cc(F)c1F)c1ccn2nccc2n1. The van der Waals surface area contributed by atoms with Crippen LogP contribution in [0.5, 0.6) is 0 Å². The summed E-state index contributed by atoms with van der Waals surface area (Å²) >= 11 is 0. The van der Waals surface area contributed by atoms with Crippen molar-refractivity contribution in [3.05, 3.63) is 78.0 Å². The molecule has 4 nitrogen and oxygen atoms in total. The van der Waals surface area contributed by atoms with E-state index in [9.17, 15) is 13.2 Å². The minimum Gasteiger partial charge on any atom is -0.260 e. The van der Waals surface area contributed by atoms with Crippen LogP contribution in [0.25, 0.3) is 16.9 Å². The summed E-state index contributed by atoms with van der Waals surface area (Å²) in [6.07, 6.45) is 6.06. The van der Waals surface area contributed by atoms with Crippen molar-refractivity contribution in [1.29, 1.82) is 0 Å². The van der Waals surface area contributed by atoms with Gasteiger partial charge in [-0.1, -0.05) is 12.7 Å². The van der Waals surface area contributed by atoms with Gasteiger partial charge in [-0.25, -0.2) is 22.7 Å². The van der Waals surface area contributed by atoms with Crippen molar-refractivity contribution >= 4 is 23.1 Å². The molecule has 0 bridgehead atoms. The summed E-state index contributed by atoms with van der Waals surface area (Å²) in [4.78, 5) is 8.50. The van der Waals surface area contributed by atoms with Crippen molar-refractivity contribution in [3.63, 3.8) is 0 Å². The topological polar surface area (TPSA) is 42.5 Å². The van der Waals surface area contributed by atoms with E-state index >= 15 is 0 Å². The van der Waals surface area contributed by atoms with Crippen LogP contribution in [0.4, 0.5) is 13.2 Å². The van der Waals surface area contributed by atoms with Crippen molar-refractivity contribution in [2.24, 2.45) is 4.99 Å². The van der Waals surface area contributed by atoms with E-state index < -0.39 is 17.5 Å². The number of aromatic nitrogens is 3. The van der Waals surface area contributed by atoms with Crippen LogP contribution in [0.2, 0.25) is 0 Å². The third-order valence-electron chi connectivity index (χ3n) is 3.50. The Bertz CT molecular complexity index is 1020. The first kappa shape index (κ1) is 16.6. The highest BCUT2D eigenvalue weighted by molar-refractivity contribution is 5.96. The molecule has 0 amide bonds. The van der Waals surface area contributed by atoms with Gasteiger partial charge >= 0.3 is 0 Å². The van der Waals surface area contributed by atoms with Crippen LogP contribution in [-0.4, -0.2) is 20.8 Å². The molecule has 0 saturated carbocycles. The number of halogens is 3. The molecule has 126 valence electrons. The molecule has 0 N–H and O–H groups in total. The molecule has 0 spiro atoms. The molecule has 3 rings (SSSR count). The van der Waals surface area contributed by atoms with E-state index in [0.717, 1.165) is 6.07 Å². The number of hydrogen-bond donors (Lipinski definition) is 0. The molecule has 25 heavy (non-hydrogen) atoms. The monoisotopic (exact) mass is 342 g/mol. The lowest BCUT2D eigenvalue weighted by Gasteiger charge is -2.11. The summed E-state index contributed by atoms with van der Waals surface area (Å²) in [5.74, 6) is -3.38. The fourth-order valence-electron chi connectivity index (χ4n) is 2.43. The molecule has 0 aliphatic heterocycles. The van der Waals surface area contributed by atoms with Crippen molar-refractivity contribution in [3.8, 4) is 0 Å². The maximum Gasteiger partial charge on any atom is 0.168 e. The van der Waals surface area contributed by atoms with Gasteiger partial charge in [0.05, 0.1) is 17.6 Å². The van der Waals surface area contributed by atoms with E-state index in [1.54, 1.807) is 36.0 Å². The summed E-state index contributed by atoms with van der Waals surface area (Å²) < 4.78 is 43.0. The highest BCUT2D eigenvalue weighted by Gasteiger charge is 2.18. The quantitative estimate of drug-likeness (QED) is 0.403. The molecule has 0 saturated heterocycles. The number of benzene rings is 1. The fourth-order valence-corrected chi connectivity index (χ4v) is 2.43. The first-order chi connectivity index (χ1) is 12.0. The zero-order chi connectivity index (χ0) is 18.0. The average molecular weight is 342 g/mol. The van der Waals surface area contributed by atoms with Gasteiger partial charge in [-0.3, -0.25) is 4.99 Å². The van der Waals surface area contributed by atoms with Crippen LogP contribution in [0.1, 0.15) is 18.2 Å². The van der Waals surface area contributed by atoms with E-state index in [0.29, 0.717) is 23.0 Å². The number of fused-ring (bicyclic) bond motifs is 1. The summed E-state index contributed by atoms with van der Waals surface area (Å²) in [6, 6.07) is 4.70. The molecular weight excluding hydrogens is 329 g/mol. The van der Waals surface area contributed by atoms with Crippen LogP contribution in [0.15, 0.2) is 54.3 Å². The fraction of sp³-hybridized carbons (Fsp3) is 0.0556. The van der Waals surface area contributed by atoms with Gasteiger partial charge in [-0.05, 0) is 19.1 Å². The van der Waals surface area contributed by atoms with Crippen molar-refractivity contribution in [1.82, 2.24) is 14.6 Å². The maximum atomic E-state index is 14.3. The van der Waals surface area contributed by atoms with Crippen molar-refractivity contribution in [2.45, 2.75) is 6.92 Å². The Balaban J connectivity index is 2.30. The standard InChI is InChI=1S/C18H13F3N4/c1-3-12(15-6-8-25-16(24-15)5-7-23-25)18(22-4-2)13-9-11(19)10-14(20)17(13)21/h3-10H,1H2,2H3/b18-12+,22-4-. The first-order valence-electron chi connectivity index (χ1n) is 7.36. The van der Waals surface area contributed by atoms with E-state index in [1.807, 2.05) is 0 Å². The number of nitrogens with zero attached hydrogens (tertiary/aromatic N) is 4. The second-order valence-electron chi connectivity index (χ2n) is 5.05. The second kappa shape index (κ2) is 6.72. The number of hydrogen-bond acceptors (Lipinski definition) is 3. The third-order valence-corrected chi connectivity index (χ3v) is 3.50. The molecule has 0 radical (unpaired) electrons. The van der Waals surface area contributed by atoms with E-state index in [2.05, 4.69) is 21.7 Å². The normalized spacial score (nSPS) is 12.6. The van der Waals surface area contributed by atoms with Crippen LogP contribution >= 0.6 is 0 Å². The van der Waals surface area contributed by atoms with Crippen LogP contribution in [0, 0.1) is 17.5 Å². The molecule has 0 unspecified atom stereocenters. The lowest BCUT2D eigenvalue weighted by atomic mass is 10.0. The lowest BCUT2D eigenvalue weighted by molar-refractivity contribution is 0.492. The minimum absolute atomic E-state index is 0.0322. The smallest absolute Gasteiger partial charge is 0.168 e. The molecule has 0 atom stereocenters. The molecule has 2 aromatic heterocycles. The van der Waals surface area contributed by atoms with E-state index in [1.165, 1.54) is 12.3 Å². The van der Waals surface area contributed by atoms with Gasteiger partial charge in [0.25, 0.3) is 0 Å². The van der Waals surface area contributed by atoms with Crippen molar-refractivity contribution < 1.29 is 13.2 Å². The Hall–Kier alpha value is -3.22. The Kier molecular flexibility index (Phi) is 4.47. The van der Waals surface area contributed by atoms with E-state index in [-0.39, 0.29) is 11.3 Å². The van der Waals surface area contributed by atoms with Crippen LogP contribution in [0.3, 0.4) is 0 Å². The van der Waals surface area contributed by atoms with Gasteiger partial charge in [-0.2, -0.15) is 5.10 Å². The first-order valence-corrected chi connectivity index (χ1v) is 7.36. The maximum absolute atomic E-state index is 14.3. The summed E-state index contributed by atoms with van der Waals surface area (Å²) in [7, 11) is 0. The molecule has 1 aromatic carbocycles. The molecular formula is C18H13F3N4. The largest absolute Gasteiger partial charge is 0.260 e. The molecule has 0 fully saturated rings. The average Bonchev–Trinajstić information content (AvgIpc) is 3.06. The number of allylic oxidation sites excluding steroid dienone is 2. The molecule has 0 aliphatic rings. The lowest BCUT2D eigenvalue weighted by Crippen LogP contribution is -2.00. The number of rotatable bonds is 4. The summed E-state index contributed by atoms with van der Waals surface area (Å²) in [6.45, 7) is 5.32. The second-order valence-corrected chi connectivity index (χ2v) is 5.05. The van der Waals surface area contributed by atoms with Gasteiger partial charge in [0.2, 0.25) is 0 Å². The molecule has 2 heterocycles. The predicted molar refractivity (Wildman–Crippen MR) is 90.5 cm³/mol. The Morgan fingerprint density at radius 1 is 1.24 bits per heavy atom.